The third-order valence-electron chi connectivity index (χ3n) is 8.48. The quantitative estimate of drug-likeness (QED) is 0.0932. The van der Waals surface area contributed by atoms with Crippen LogP contribution >= 0.6 is 22.7 Å². The van der Waals surface area contributed by atoms with Gasteiger partial charge >= 0.3 is 0 Å². The number of anilines is 1. The summed E-state index contributed by atoms with van der Waals surface area (Å²) in [6, 6.07) is 24.3. The fourth-order valence-corrected chi connectivity index (χ4v) is 8.61. The van der Waals surface area contributed by atoms with Crippen LogP contribution < -0.4 is 9.64 Å². The number of thiophene rings is 2. The molecule has 1 aliphatic rings. The van der Waals surface area contributed by atoms with Crippen molar-refractivity contribution in [1.29, 1.82) is 10.5 Å². The van der Waals surface area contributed by atoms with E-state index in [4.69, 9.17) is 4.74 Å². The van der Waals surface area contributed by atoms with Gasteiger partial charge in [-0.25, -0.2) is 0 Å². The zero-order chi connectivity index (χ0) is 32.0. The predicted octanol–water partition coefficient (Wildman–Crippen LogP) is 11.8. The highest BCUT2D eigenvalue weighted by Crippen LogP contribution is 2.43. The fourth-order valence-electron chi connectivity index (χ4n) is 6.40. The van der Waals surface area contributed by atoms with Crippen molar-refractivity contribution in [3.8, 4) is 17.9 Å². The average molecular weight is 636 g/mol. The molecular formula is C37H41N5OS2. The summed E-state index contributed by atoms with van der Waals surface area (Å²) in [4.78, 5) is 3.32. The molecule has 2 aromatic heterocycles. The van der Waals surface area contributed by atoms with Gasteiger partial charge in [0.2, 0.25) is 0 Å². The van der Waals surface area contributed by atoms with E-state index in [2.05, 4.69) is 74.0 Å². The number of allylic oxidation sites excluding steroid dienone is 2. The molecule has 1 fully saturated rings. The zero-order valence-corrected chi connectivity index (χ0v) is 28.5. The van der Waals surface area contributed by atoms with E-state index in [1.165, 1.54) is 60.5 Å². The number of ether oxygens (including phenoxy) is 1. The van der Waals surface area contributed by atoms with Gasteiger partial charge in [-0.1, -0.05) is 26.2 Å². The largest absolute Gasteiger partial charge is 0.494 e. The van der Waals surface area contributed by atoms with E-state index in [0.717, 1.165) is 43.6 Å². The molecule has 232 valence electrons. The first kappa shape index (κ1) is 32.4. The first-order valence-electron chi connectivity index (χ1n) is 15.8. The molecule has 1 saturated heterocycles. The number of fused-ring (bicyclic) bond motifs is 1. The number of nitriles is 2. The highest BCUT2D eigenvalue weighted by molar-refractivity contribution is 7.30. The van der Waals surface area contributed by atoms with E-state index in [1.807, 2.05) is 48.5 Å². The molecule has 5 rings (SSSR count). The highest BCUT2D eigenvalue weighted by atomic mass is 32.1. The number of rotatable bonds is 11. The van der Waals surface area contributed by atoms with Crippen LogP contribution in [0.15, 0.2) is 70.9 Å². The lowest BCUT2D eigenvalue weighted by atomic mass is 9.79. The van der Waals surface area contributed by atoms with Gasteiger partial charge in [0.15, 0.2) is 0 Å². The third kappa shape index (κ3) is 7.47. The molecule has 0 bridgehead atoms. The smallest absolute Gasteiger partial charge is 0.140 e. The second-order valence-corrected chi connectivity index (χ2v) is 15.0. The molecule has 4 aromatic rings. The first-order valence-corrected chi connectivity index (χ1v) is 17.4. The summed E-state index contributed by atoms with van der Waals surface area (Å²) in [6.07, 6.45) is 8.21. The number of hydrogen-bond donors (Lipinski definition) is 0. The average Bonchev–Trinajstić information content (AvgIpc) is 3.58. The SMILES string of the molecule is CCCCCCOc1ccc(/C(C#N)=C(\C#N)c2cc3sc(N=Nc4ccc(N5C(C)(C)CCCC5(C)C)cc4)cc3s2)cc1. The minimum Gasteiger partial charge on any atom is -0.494 e. The van der Waals surface area contributed by atoms with Crippen LogP contribution in [0.4, 0.5) is 16.4 Å². The van der Waals surface area contributed by atoms with E-state index >= 15 is 0 Å². The van der Waals surface area contributed by atoms with Gasteiger partial charge < -0.3 is 9.64 Å². The van der Waals surface area contributed by atoms with Crippen molar-refractivity contribution >= 4 is 59.6 Å². The van der Waals surface area contributed by atoms with Gasteiger partial charge in [-0.2, -0.15) is 10.5 Å². The van der Waals surface area contributed by atoms with E-state index in [1.54, 1.807) is 0 Å². The summed E-state index contributed by atoms with van der Waals surface area (Å²) >= 11 is 3.03. The fraction of sp³-hybridized carbons (Fsp3) is 0.405. The van der Waals surface area contributed by atoms with Gasteiger partial charge in [0.25, 0.3) is 0 Å². The van der Waals surface area contributed by atoms with Crippen molar-refractivity contribution < 1.29 is 4.74 Å². The van der Waals surface area contributed by atoms with Crippen LogP contribution in [-0.4, -0.2) is 17.7 Å². The number of azo groups is 1. The highest BCUT2D eigenvalue weighted by Gasteiger charge is 2.41. The molecule has 1 aliphatic heterocycles. The third-order valence-corrected chi connectivity index (χ3v) is 10.7. The maximum atomic E-state index is 10.1. The molecule has 0 amide bonds. The second kappa shape index (κ2) is 14.0. The summed E-state index contributed by atoms with van der Waals surface area (Å²) in [6.45, 7) is 12.2. The van der Waals surface area contributed by atoms with Crippen molar-refractivity contribution in [2.45, 2.75) is 90.6 Å². The summed E-state index contributed by atoms with van der Waals surface area (Å²) in [5.41, 5.74) is 3.68. The Kier molecular flexibility index (Phi) is 10.1. The Labute approximate surface area is 275 Å². The van der Waals surface area contributed by atoms with Gasteiger partial charge in [-0.15, -0.1) is 32.9 Å². The van der Waals surface area contributed by atoms with Gasteiger partial charge in [0, 0.05) is 31.0 Å². The minimum absolute atomic E-state index is 0.105. The predicted molar refractivity (Wildman–Crippen MR) is 189 cm³/mol. The molecular weight excluding hydrogens is 595 g/mol. The minimum atomic E-state index is 0.105. The van der Waals surface area contributed by atoms with Crippen LogP contribution in [0.25, 0.3) is 20.5 Å². The zero-order valence-electron chi connectivity index (χ0n) is 26.9. The number of piperidine rings is 1. The second-order valence-electron chi connectivity index (χ2n) is 12.9. The van der Waals surface area contributed by atoms with Crippen LogP contribution in [-0.2, 0) is 0 Å². The van der Waals surface area contributed by atoms with Gasteiger partial charge in [-0.05, 0) is 120 Å². The Morgan fingerprint density at radius 1 is 0.822 bits per heavy atom. The molecule has 0 atom stereocenters. The topological polar surface area (TPSA) is 84.8 Å². The normalized spacial score (nSPS) is 16.4. The van der Waals surface area contributed by atoms with Gasteiger partial charge in [0.05, 0.1) is 23.4 Å². The molecule has 0 radical (unpaired) electrons. The Bertz CT molecular complexity index is 1710. The molecule has 0 spiro atoms. The van der Waals surface area contributed by atoms with Gasteiger partial charge in [-0.3, -0.25) is 0 Å². The molecule has 0 aliphatic carbocycles. The summed E-state index contributed by atoms with van der Waals surface area (Å²) in [7, 11) is 0. The van der Waals surface area contributed by atoms with E-state index in [-0.39, 0.29) is 11.1 Å². The lowest BCUT2D eigenvalue weighted by Crippen LogP contribution is -2.58. The molecule has 6 nitrogen and oxygen atoms in total. The van der Waals surface area contributed by atoms with Crippen molar-refractivity contribution in [1.82, 2.24) is 0 Å². The lowest BCUT2D eigenvalue weighted by Gasteiger charge is -2.54. The van der Waals surface area contributed by atoms with Crippen molar-refractivity contribution in [3.63, 3.8) is 0 Å². The summed E-state index contributed by atoms with van der Waals surface area (Å²) < 4.78 is 7.89. The maximum absolute atomic E-state index is 10.1. The van der Waals surface area contributed by atoms with Crippen LogP contribution in [0, 0.1) is 22.7 Å². The maximum Gasteiger partial charge on any atom is 0.140 e. The van der Waals surface area contributed by atoms with Crippen molar-refractivity contribution in [3.05, 3.63) is 71.1 Å². The standard InChI is InChI=1S/C37H41N5OS2/c1-6-7-8-9-21-43-29-17-11-26(12-18-29)30(24-38)31(25-39)32-22-33-34(44-32)23-35(45-33)41-40-27-13-15-28(16-14-27)42-36(2,3)19-10-20-37(42,4)5/h11-18,22-23H,6-10,19-21H2,1-5H3/b31-30+,41-40?. The summed E-state index contributed by atoms with van der Waals surface area (Å²) in [5.74, 6) is 0.773. The van der Waals surface area contributed by atoms with Crippen molar-refractivity contribution in [2.24, 2.45) is 10.2 Å². The van der Waals surface area contributed by atoms with Crippen LogP contribution in [0.1, 0.15) is 90.0 Å². The monoisotopic (exact) mass is 635 g/mol. The number of hydrogen-bond acceptors (Lipinski definition) is 8. The Morgan fingerprint density at radius 3 is 2.11 bits per heavy atom. The Morgan fingerprint density at radius 2 is 1.49 bits per heavy atom. The Hall–Kier alpha value is -3.98. The van der Waals surface area contributed by atoms with Gasteiger partial charge in [0.1, 0.15) is 22.9 Å². The molecule has 2 aromatic carbocycles. The number of unbranched alkanes of at least 4 members (excludes halogenated alkanes) is 3. The van der Waals surface area contributed by atoms with E-state index in [9.17, 15) is 10.5 Å². The molecule has 45 heavy (non-hydrogen) atoms. The number of benzene rings is 2. The lowest BCUT2D eigenvalue weighted by molar-refractivity contribution is 0.244. The number of nitrogens with zero attached hydrogens (tertiary/aromatic N) is 5. The van der Waals surface area contributed by atoms with E-state index in [0.29, 0.717) is 23.3 Å². The van der Waals surface area contributed by atoms with Crippen molar-refractivity contribution in [2.75, 3.05) is 11.5 Å². The van der Waals surface area contributed by atoms with Crippen LogP contribution in [0.2, 0.25) is 0 Å². The Balaban J connectivity index is 1.29. The van der Waals surface area contributed by atoms with Crippen LogP contribution in [0.5, 0.6) is 5.75 Å². The molecule has 0 N–H and O–H groups in total. The molecule has 8 heteroatoms. The first-order chi connectivity index (χ1) is 21.6. The molecule has 3 heterocycles. The van der Waals surface area contributed by atoms with Crippen LogP contribution in [0.3, 0.4) is 0 Å². The van der Waals surface area contributed by atoms with E-state index < -0.39 is 0 Å². The summed E-state index contributed by atoms with van der Waals surface area (Å²) in [5, 5.41) is 29.9. The molecule has 0 unspecified atom stereocenters. The molecule has 0 saturated carbocycles.